The minimum atomic E-state index is -0.232. The molecule has 1 aliphatic rings. The van der Waals surface area contributed by atoms with Crippen LogP contribution in [-0.4, -0.2) is 65.4 Å². The summed E-state index contributed by atoms with van der Waals surface area (Å²) in [6, 6.07) is 7.63. The van der Waals surface area contributed by atoms with Crippen LogP contribution in [0.1, 0.15) is 26.7 Å². The summed E-state index contributed by atoms with van der Waals surface area (Å²) in [5, 5.41) is 4.07. The summed E-state index contributed by atoms with van der Waals surface area (Å²) in [4.78, 5) is 20.5. The van der Waals surface area contributed by atoms with Gasteiger partial charge in [0.05, 0.1) is 19.8 Å². The second kappa shape index (κ2) is 9.54. The van der Waals surface area contributed by atoms with Gasteiger partial charge in [-0.2, -0.15) is 4.98 Å². The Hall–Kier alpha value is -2.61. The summed E-state index contributed by atoms with van der Waals surface area (Å²) in [5.41, 5.74) is 0.885. The second-order valence-corrected chi connectivity index (χ2v) is 7.20. The molecule has 1 fully saturated rings. The normalized spacial score (nSPS) is 15.1. The maximum absolute atomic E-state index is 12.0. The summed E-state index contributed by atoms with van der Waals surface area (Å²) in [6.45, 7) is 10.4. The van der Waals surface area contributed by atoms with Gasteiger partial charge in [-0.05, 0) is 37.1 Å². The standard InChI is InChI=1S/C20H28N4O4/c1-4-26-17-7-5-16(6-8-17)19-21-18(28-22-19)13-23-9-11-24(12-10-23)20(25)27-14-15(2)3/h5-8,15H,4,9-14H2,1-3H3. The van der Waals surface area contributed by atoms with Crippen molar-refractivity contribution in [2.24, 2.45) is 5.92 Å². The average molecular weight is 388 g/mol. The molecular formula is C20H28N4O4. The van der Waals surface area contributed by atoms with E-state index in [0.29, 0.717) is 50.5 Å². The first-order chi connectivity index (χ1) is 13.5. The molecule has 0 bridgehead atoms. The van der Waals surface area contributed by atoms with E-state index in [1.54, 1.807) is 4.90 Å². The topological polar surface area (TPSA) is 80.9 Å². The zero-order valence-corrected chi connectivity index (χ0v) is 16.8. The molecule has 28 heavy (non-hydrogen) atoms. The predicted octanol–water partition coefficient (Wildman–Crippen LogP) is 3.05. The summed E-state index contributed by atoms with van der Waals surface area (Å²) >= 11 is 0. The van der Waals surface area contributed by atoms with E-state index in [2.05, 4.69) is 15.0 Å². The van der Waals surface area contributed by atoms with Gasteiger partial charge >= 0.3 is 6.09 Å². The number of carbonyl (C=O) groups is 1. The van der Waals surface area contributed by atoms with Gasteiger partial charge in [0.15, 0.2) is 0 Å². The maximum Gasteiger partial charge on any atom is 0.409 e. The smallest absolute Gasteiger partial charge is 0.409 e. The molecule has 0 spiro atoms. The summed E-state index contributed by atoms with van der Waals surface area (Å²) in [6.07, 6.45) is -0.232. The highest BCUT2D eigenvalue weighted by Gasteiger charge is 2.23. The fourth-order valence-electron chi connectivity index (χ4n) is 2.91. The fourth-order valence-corrected chi connectivity index (χ4v) is 2.91. The van der Waals surface area contributed by atoms with Crippen LogP contribution in [0.4, 0.5) is 4.79 Å². The van der Waals surface area contributed by atoms with Crippen molar-refractivity contribution in [1.29, 1.82) is 0 Å². The lowest BCUT2D eigenvalue weighted by Gasteiger charge is -2.33. The molecule has 0 atom stereocenters. The van der Waals surface area contributed by atoms with E-state index >= 15 is 0 Å². The number of piperazine rings is 1. The summed E-state index contributed by atoms with van der Waals surface area (Å²) in [5.74, 6) is 2.29. The fraction of sp³-hybridized carbons (Fsp3) is 0.550. The molecule has 8 heteroatoms. The van der Waals surface area contributed by atoms with Crippen molar-refractivity contribution in [1.82, 2.24) is 19.9 Å². The lowest BCUT2D eigenvalue weighted by atomic mass is 10.2. The first-order valence-electron chi connectivity index (χ1n) is 9.75. The molecule has 0 radical (unpaired) electrons. The van der Waals surface area contributed by atoms with E-state index in [9.17, 15) is 4.79 Å². The van der Waals surface area contributed by atoms with Gasteiger partial charge in [-0.15, -0.1) is 0 Å². The molecule has 1 aromatic heterocycles. The Bertz CT molecular complexity index is 752. The van der Waals surface area contributed by atoms with Crippen molar-refractivity contribution in [2.75, 3.05) is 39.4 Å². The number of aromatic nitrogens is 2. The Morgan fingerprint density at radius 3 is 2.54 bits per heavy atom. The van der Waals surface area contributed by atoms with Crippen molar-refractivity contribution in [3.63, 3.8) is 0 Å². The highest BCUT2D eigenvalue weighted by molar-refractivity contribution is 5.67. The lowest BCUT2D eigenvalue weighted by Crippen LogP contribution is -2.48. The van der Waals surface area contributed by atoms with Crippen LogP contribution in [0.5, 0.6) is 5.75 Å². The van der Waals surface area contributed by atoms with Crippen molar-refractivity contribution >= 4 is 6.09 Å². The van der Waals surface area contributed by atoms with E-state index in [4.69, 9.17) is 14.0 Å². The quantitative estimate of drug-likeness (QED) is 0.721. The van der Waals surface area contributed by atoms with Crippen LogP contribution in [-0.2, 0) is 11.3 Å². The molecule has 8 nitrogen and oxygen atoms in total. The zero-order valence-electron chi connectivity index (χ0n) is 16.8. The van der Waals surface area contributed by atoms with Crippen LogP contribution in [0, 0.1) is 5.92 Å². The molecule has 2 aromatic rings. The molecule has 0 unspecified atom stereocenters. The molecule has 1 saturated heterocycles. The number of hydrogen-bond acceptors (Lipinski definition) is 7. The number of carbonyl (C=O) groups excluding carboxylic acids is 1. The molecule has 0 saturated carbocycles. The third-order valence-electron chi connectivity index (χ3n) is 4.42. The second-order valence-electron chi connectivity index (χ2n) is 7.20. The monoisotopic (exact) mass is 388 g/mol. The first kappa shape index (κ1) is 20.1. The Balaban J connectivity index is 1.49. The highest BCUT2D eigenvalue weighted by atomic mass is 16.6. The molecule has 1 aliphatic heterocycles. The van der Waals surface area contributed by atoms with Gasteiger partial charge in [-0.25, -0.2) is 4.79 Å². The molecule has 152 valence electrons. The van der Waals surface area contributed by atoms with Gasteiger partial charge in [0.2, 0.25) is 11.7 Å². The van der Waals surface area contributed by atoms with Crippen molar-refractivity contribution in [3.05, 3.63) is 30.2 Å². The minimum absolute atomic E-state index is 0.232. The van der Waals surface area contributed by atoms with Gasteiger partial charge in [-0.1, -0.05) is 19.0 Å². The molecule has 0 N–H and O–H groups in total. The van der Waals surface area contributed by atoms with E-state index in [0.717, 1.165) is 24.4 Å². The molecule has 1 aromatic carbocycles. The lowest BCUT2D eigenvalue weighted by molar-refractivity contribution is 0.0652. The van der Waals surface area contributed by atoms with Crippen LogP contribution < -0.4 is 4.74 Å². The molecule has 1 amide bonds. The van der Waals surface area contributed by atoms with Crippen molar-refractivity contribution in [3.8, 4) is 17.1 Å². The van der Waals surface area contributed by atoms with Crippen LogP contribution in [0.3, 0.4) is 0 Å². The third kappa shape index (κ3) is 5.45. The molecular weight excluding hydrogens is 360 g/mol. The van der Waals surface area contributed by atoms with Crippen LogP contribution in [0.15, 0.2) is 28.8 Å². The average Bonchev–Trinajstić information content (AvgIpc) is 3.16. The van der Waals surface area contributed by atoms with Crippen LogP contribution >= 0.6 is 0 Å². The van der Waals surface area contributed by atoms with Gasteiger partial charge in [-0.3, -0.25) is 4.90 Å². The summed E-state index contributed by atoms with van der Waals surface area (Å²) in [7, 11) is 0. The van der Waals surface area contributed by atoms with Crippen LogP contribution in [0.25, 0.3) is 11.4 Å². The van der Waals surface area contributed by atoms with Gasteiger partial charge < -0.3 is 18.9 Å². The first-order valence-corrected chi connectivity index (χ1v) is 9.75. The van der Waals surface area contributed by atoms with Crippen molar-refractivity contribution in [2.45, 2.75) is 27.3 Å². The number of hydrogen-bond donors (Lipinski definition) is 0. The Morgan fingerprint density at radius 1 is 1.18 bits per heavy atom. The highest BCUT2D eigenvalue weighted by Crippen LogP contribution is 2.20. The number of benzene rings is 1. The number of nitrogens with zero attached hydrogens (tertiary/aromatic N) is 4. The molecule has 3 rings (SSSR count). The SMILES string of the molecule is CCOc1ccc(-c2noc(CN3CCN(C(=O)OCC(C)C)CC3)n2)cc1. The predicted molar refractivity (Wildman–Crippen MR) is 104 cm³/mol. The Kier molecular flexibility index (Phi) is 6.86. The van der Waals surface area contributed by atoms with E-state index in [1.807, 2.05) is 45.0 Å². The van der Waals surface area contributed by atoms with Gasteiger partial charge in [0.25, 0.3) is 0 Å². The summed E-state index contributed by atoms with van der Waals surface area (Å²) < 4.78 is 16.1. The Labute approximate surface area is 165 Å². The van der Waals surface area contributed by atoms with Gasteiger partial charge in [0.1, 0.15) is 5.75 Å². The molecule has 2 heterocycles. The number of amides is 1. The van der Waals surface area contributed by atoms with E-state index in [1.165, 1.54) is 0 Å². The van der Waals surface area contributed by atoms with Gasteiger partial charge in [0, 0.05) is 31.7 Å². The largest absolute Gasteiger partial charge is 0.494 e. The number of ether oxygens (including phenoxy) is 2. The van der Waals surface area contributed by atoms with E-state index in [-0.39, 0.29) is 6.09 Å². The third-order valence-corrected chi connectivity index (χ3v) is 4.42. The Morgan fingerprint density at radius 2 is 1.89 bits per heavy atom. The van der Waals surface area contributed by atoms with Crippen LogP contribution in [0.2, 0.25) is 0 Å². The van der Waals surface area contributed by atoms with E-state index < -0.39 is 0 Å². The number of rotatable bonds is 7. The zero-order chi connectivity index (χ0) is 19.9. The molecule has 0 aliphatic carbocycles. The van der Waals surface area contributed by atoms with Crippen molar-refractivity contribution < 1.29 is 18.8 Å². The minimum Gasteiger partial charge on any atom is -0.494 e. The maximum atomic E-state index is 12.0.